The maximum atomic E-state index is 11.6. The van der Waals surface area contributed by atoms with E-state index in [0.717, 1.165) is 0 Å². The van der Waals surface area contributed by atoms with Crippen LogP contribution in [0.1, 0.15) is 20.8 Å². The Hall–Kier alpha value is -1.08. The topological polar surface area (TPSA) is 56.1 Å². The summed E-state index contributed by atoms with van der Waals surface area (Å²) in [6.07, 6.45) is 0. The highest BCUT2D eigenvalue weighted by Gasteiger charge is 2.30. The van der Waals surface area contributed by atoms with Crippen molar-refractivity contribution < 1.29 is 4.79 Å². The molecular weight excluding hydrogens is 166 g/mol. The van der Waals surface area contributed by atoms with Crippen molar-refractivity contribution in [3.63, 3.8) is 0 Å². The van der Waals surface area contributed by atoms with Gasteiger partial charge in [0.2, 0.25) is 5.91 Å². The molecule has 13 heavy (non-hydrogen) atoms. The number of rotatable bonds is 3. The Balaban J connectivity index is 4.36. The molecule has 0 spiro atoms. The SMILES string of the molecule is C[C@@H](C#N)NC(=O)C(C)(C)N(C)C. The number of nitrogens with one attached hydrogen (secondary N) is 1. The van der Waals surface area contributed by atoms with E-state index < -0.39 is 11.6 Å². The molecule has 0 saturated heterocycles. The van der Waals surface area contributed by atoms with E-state index in [1.165, 1.54) is 0 Å². The van der Waals surface area contributed by atoms with Crippen molar-refractivity contribution >= 4 is 5.91 Å². The van der Waals surface area contributed by atoms with Gasteiger partial charge in [0.05, 0.1) is 11.6 Å². The van der Waals surface area contributed by atoms with Crippen molar-refractivity contribution in [1.29, 1.82) is 5.26 Å². The first-order chi connectivity index (χ1) is 5.82. The van der Waals surface area contributed by atoms with Gasteiger partial charge in [-0.2, -0.15) is 5.26 Å². The second-order valence-electron chi connectivity index (χ2n) is 3.78. The summed E-state index contributed by atoms with van der Waals surface area (Å²) >= 11 is 0. The van der Waals surface area contributed by atoms with Gasteiger partial charge in [-0.05, 0) is 34.9 Å². The predicted molar refractivity (Wildman–Crippen MR) is 51.0 cm³/mol. The smallest absolute Gasteiger partial charge is 0.240 e. The van der Waals surface area contributed by atoms with Crippen LogP contribution in [0.25, 0.3) is 0 Å². The van der Waals surface area contributed by atoms with Crippen LogP contribution in [-0.4, -0.2) is 36.5 Å². The zero-order chi connectivity index (χ0) is 10.6. The molecular formula is C9H17N3O. The highest BCUT2D eigenvalue weighted by atomic mass is 16.2. The van der Waals surface area contributed by atoms with Gasteiger partial charge in [-0.1, -0.05) is 0 Å². The number of carbonyl (C=O) groups is 1. The monoisotopic (exact) mass is 183 g/mol. The normalized spacial score (nSPS) is 13.6. The molecule has 1 N–H and O–H groups in total. The van der Waals surface area contributed by atoms with Gasteiger partial charge in [-0.25, -0.2) is 0 Å². The van der Waals surface area contributed by atoms with Gasteiger partial charge in [0, 0.05) is 0 Å². The van der Waals surface area contributed by atoms with Crippen molar-refractivity contribution in [2.24, 2.45) is 0 Å². The van der Waals surface area contributed by atoms with Gasteiger partial charge in [-0.3, -0.25) is 9.69 Å². The first kappa shape index (κ1) is 11.9. The van der Waals surface area contributed by atoms with Crippen LogP contribution in [-0.2, 0) is 4.79 Å². The molecule has 74 valence electrons. The molecule has 4 heteroatoms. The van der Waals surface area contributed by atoms with Crippen molar-refractivity contribution in [2.45, 2.75) is 32.4 Å². The standard InChI is InChI=1S/C9H17N3O/c1-7(6-10)11-8(13)9(2,3)12(4)5/h7H,1-5H3,(H,11,13)/t7-/m0/s1. The van der Waals surface area contributed by atoms with Crippen LogP contribution in [0.5, 0.6) is 0 Å². The second-order valence-corrected chi connectivity index (χ2v) is 3.78. The summed E-state index contributed by atoms with van der Waals surface area (Å²) in [4.78, 5) is 13.4. The number of hydrogen-bond donors (Lipinski definition) is 1. The molecule has 0 bridgehead atoms. The third kappa shape index (κ3) is 3.03. The fraction of sp³-hybridized carbons (Fsp3) is 0.778. The fourth-order valence-electron chi connectivity index (χ4n) is 0.609. The van der Waals surface area contributed by atoms with Crippen LogP contribution in [0.4, 0.5) is 0 Å². The molecule has 0 aliphatic rings. The maximum absolute atomic E-state index is 11.6. The number of hydrogen-bond acceptors (Lipinski definition) is 3. The van der Waals surface area contributed by atoms with E-state index in [-0.39, 0.29) is 5.91 Å². The Morgan fingerprint density at radius 3 is 2.31 bits per heavy atom. The third-order valence-corrected chi connectivity index (χ3v) is 2.21. The minimum Gasteiger partial charge on any atom is -0.339 e. The number of nitriles is 1. The van der Waals surface area contributed by atoms with E-state index >= 15 is 0 Å². The zero-order valence-electron chi connectivity index (χ0n) is 8.88. The lowest BCUT2D eigenvalue weighted by Gasteiger charge is -2.31. The van der Waals surface area contributed by atoms with Crippen LogP contribution in [0.3, 0.4) is 0 Å². The van der Waals surface area contributed by atoms with E-state index in [1.807, 2.05) is 38.9 Å². The Kier molecular flexibility index (Phi) is 3.89. The van der Waals surface area contributed by atoms with Crippen molar-refractivity contribution in [3.8, 4) is 6.07 Å². The first-order valence-electron chi connectivity index (χ1n) is 4.20. The molecule has 0 aromatic carbocycles. The van der Waals surface area contributed by atoms with Crippen LogP contribution < -0.4 is 5.32 Å². The highest BCUT2D eigenvalue weighted by molar-refractivity contribution is 5.85. The average molecular weight is 183 g/mol. The van der Waals surface area contributed by atoms with Crippen LogP contribution in [0.2, 0.25) is 0 Å². The maximum Gasteiger partial charge on any atom is 0.240 e. The lowest BCUT2D eigenvalue weighted by molar-refractivity contribution is -0.130. The summed E-state index contributed by atoms with van der Waals surface area (Å²) in [5.74, 6) is -0.133. The molecule has 0 aromatic rings. The Morgan fingerprint density at radius 2 is 2.00 bits per heavy atom. The molecule has 1 amide bonds. The molecule has 0 fully saturated rings. The molecule has 0 aliphatic heterocycles. The van der Waals surface area contributed by atoms with E-state index in [9.17, 15) is 4.79 Å². The number of likely N-dealkylation sites (N-methyl/N-ethyl adjacent to an activating group) is 1. The Morgan fingerprint density at radius 1 is 1.54 bits per heavy atom. The lowest BCUT2D eigenvalue weighted by Crippen LogP contribution is -2.53. The van der Waals surface area contributed by atoms with Gasteiger partial charge < -0.3 is 5.32 Å². The molecule has 0 radical (unpaired) electrons. The molecule has 4 nitrogen and oxygen atoms in total. The van der Waals surface area contributed by atoms with Crippen molar-refractivity contribution in [2.75, 3.05) is 14.1 Å². The van der Waals surface area contributed by atoms with Gasteiger partial charge in [-0.15, -0.1) is 0 Å². The molecule has 0 aromatic heterocycles. The van der Waals surface area contributed by atoms with Gasteiger partial charge in [0.1, 0.15) is 6.04 Å². The Bertz CT molecular complexity index is 228. The van der Waals surface area contributed by atoms with E-state index in [0.29, 0.717) is 0 Å². The molecule has 0 heterocycles. The minimum absolute atomic E-state index is 0.133. The molecule has 1 atom stereocenters. The summed E-state index contributed by atoms with van der Waals surface area (Å²) in [6, 6.07) is 1.52. The van der Waals surface area contributed by atoms with E-state index in [1.54, 1.807) is 6.92 Å². The fourth-order valence-corrected chi connectivity index (χ4v) is 0.609. The van der Waals surface area contributed by atoms with Crippen LogP contribution >= 0.6 is 0 Å². The summed E-state index contributed by atoms with van der Waals surface area (Å²) in [7, 11) is 3.66. The van der Waals surface area contributed by atoms with Gasteiger partial charge in [0.25, 0.3) is 0 Å². The minimum atomic E-state index is -0.578. The highest BCUT2D eigenvalue weighted by Crippen LogP contribution is 2.09. The van der Waals surface area contributed by atoms with Gasteiger partial charge in [0.15, 0.2) is 0 Å². The van der Waals surface area contributed by atoms with Crippen molar-refractivity contribution in [3.05, 3.63) is 0 Å². The number of carbonyl (C=O) groups excluding carboxylic acids is 1. The quantitative estimate of drug-likeness (QED) is 0.687. The van der Waals surface area contributed by atoms with E-state index in [4.69, 9.17) is 5.26 Å². The van der Waals surface area contributed by atoms with Crippen LogP contribution in [0.15, 0.2) is 0 Å². The summed E-state index contributed by atoms with van der Waals surface area (Å²) in [5, 5.41) is 11.1. The summed E-state index contributed by atoms with van der Waals surface area (Å²) in [6.45, 7) is 5.28. The number of nitrogens with zero attached hydrogens (tertiary/aromatic N) is 2. The third-order valence-electron chi connectivity index (χ3n) is 2.21. The molecule has 0 rings (SSSR count). The van der Waals surface area contributed by atoms with Gasteiger partial charge >= 0.3 is 0 Å². The van der Waals surface area contributed by atoms with E-state index in [2.05, 4.69) is 5.32 Å². The molecule has 0 unspecified atom stereocenters. The lowest BCUT2D eigenvalue weighted by atomic mass is 10.0. The summed E-state index contributed by atoms with van der Waals surface area (Å²) in [5.41, 5.74) is -0.578. The van der Waals surface area contributed by atoms with Crippen LogP contribution in [0, 0.1) is 11.3 Å². The second kappa shape index (κ2) is 4.24. The number of amides is 1. The summed E-state index contributed by atoms with van der Waals surface area (Å²) < 4.78 is 0. The zero-order valence-corrected chi connectivity index (χ0v) is 8.88. The largest absolute Gasteiger partial charge is 0.339 e. The van der Waals surface area contributed by atoms with Crippen molar-refractivity contribution in [1.82, 2.24) is 10.2 Å². The Labute approximate surface area is 79.5 Å². The average Bonchev–Trinajstić information content (AvgIpc) is 2.03. The molecule has 0 saturated carbocycles. The first-order valence-corrected chi connectivity index (χ1v) is 4.20. The predicted octanol–water partition coefficient (Wildman–Crippen LogP) is 0.355. The molecule has 0 aliphatic carbocycles.